The van der Waals surface area contributed by atoms with Gasteiger partial charge >= 0.3 is 5.69 Å². The average molecular weight is 289 g/mol. The fourth-order valence-corrected chi connectivity index (χ4v) is 2.19. The Hall–Kier alpha value is -2.63. The van der Waals surface area contributed by atoms with E-state index in [2.05, 4.69) is 15.3 Å². The third-order valence-electron chi connectivity index (χ3n) is 3.22. The maximum Gasteiger partial charge on any atom is 0.323 e. The van der Waals surface area contributed by atoms with Gasteiger partial charge in [-0.2, -0.15) is 0 Å². The summed E-state index contributed by atoms with van der Waals surface area (Å²) < 4.78 is 25.3. The Bertz CT molecular complexity index is 823. The van der Waals surface area contributed by atoms with Crippen LogP contribution in [0.5, 0.6) is 0 Å². The Morgan fingerprint density at radius 1 is 1.05 bits per heavy atom. The second-order valence-corrected chi connectivity index (χ2v) is 4.74. The number of fused-ring (bicyclic) bond motifs is 1. The van der Waals surface area contributed by atoms with Crippen molar-refractivity contribution >= 4 is 16.7 Å². The normalized spacial score (nSPS) is 11.2. The fourth-order valence-electron chi connectivity index (χ4n) is 2.19. The molecule has 0 radical (unpaired) electrons. The zero-order valence-electron chi connectivity index (χ0n) is 11.0. The predicted molar refractivity (Wildman–Crippen MR) is 77.6 cm³/mol. The highest BCUT2D eigenvalue weighted by molar-refractivity contribution is 5.78. The van der Waals surface area contributed by atoms with E-state index in [-0.39, 0.29) is 11.3 Å². The largest absolute Gasteiger partial charge is 0.381 e. The monoisotopic (exact) mass is 289 g/mol. The molecule has 3 N–H and O–H groups in total. The summed E-state index contributed by atoms with van der Waals surface area (Å²) in [4.78, 5) is 16.5. The third kappa shape index (κ3) is 2.94. The molecule has 0 saturated heterocycles. The van der Waals surface area contributed by atoms with Gasteiger partial charge in [0.2, 0.25) is 0 Å². The minimum Gasteiger partial charge on any atom is -0.381 e. The zero-order valence-corrected chi connectivity index (χ0v) is 11.0. The minimum absolute atomic E-state index is 0.0136. The summed E-state index contributed by atoms with van der Waals surface area (Å²) >= 11 is 0. The van der Waals surface area contributed by atoms with Gasteiger partial charge < -0.3 is 15.3 Å². The van der Waals surface area contributed by atoms with Crippen molar-refractivity contribution in [3.63, 3.8) is 0 Å². The Kier molecular flexibility index (Phi) is 3.43. The smallest absolute Gasteiger partial charge is 0.323 e. The first-order valence-electron chi connectivity index (χ1n) is 6.45. The van der Waals surface area contributed by atoms with Gasteiger partial charge in [0.25, 0.3) is 6.43 Å². The maximum atomic E-state index is 12.6. The number of H-pyrrole nitrogens is 2. The first-order chi connectivity index (χ1) is 10.1. The highest BCUT2D eigenvalue weighted by Gasteiger charge is 2.07. The van der Waals surface area contributed by atoms with Crippen LogP contribution in [-0.2, 0) is 6.54 Å². The number of benzene rings is 2. The van der Waals surface area contributed by atoms with Gasteiger partial charge in [0.1, 0.15) is 0 Å². The van der Waals surface area contributed by atoms with Crippen LogP contribution in [0.1, 0.15) is 17.6 Å². The van der Waals surface area contributed by atoms with Gasteiger partial charge in [-0.25, -0.2) is 13.6 Å². The molecule has 0 unspecified atom stereocenters. The molecule has 1 heterocycles. The first kappa shape index (κ1) is 13.4. The number of halogens is 2. The number of hydrogen-bond donors (Lipinski definition) is 3. The third-order valence-corrected chi connectivity index (χ3v) is 3.22. The molecule has 2 aromatic carbocycles. The highest BCUT2D eigenvalue weighted by Crippen LogP contribution is 2.20. The number of imidazole rings is 1. The lowest BCUT2D eigenvalue weighted by Gasteiger charge is -2.08. The molecule has 0 spiro atoms. The fraction of sp³-hybridized carbons (Fsp3) is 0.133. The second-order valence-electron chi connectivity index (χ2n) is 4.74. The molecule has 108 valence electrons. The summed E-state index contributed by atoms with van der Waals surface area (Å²) in [6.07, 6.45) is -2.47. The number of aromatic nitrogens is 2. The van der Waals surface area contributed by atoms with E-state index in [9.17, 15) is 13.6 Å². The van der Waals surface area contributed by atoms with Crippen molar-refractivity contribution in [2.75, 3.05) is 5.32 Å². The summed E-state index contributed by atoms with van der Waals surface area (Å²) in [6, 6.07) is 11.7. The summed E-state index contributed by atoms with van der Waals surface area (Å²) in [6.45, 7) is 0.431. The van der Waals surface area contributed by atoms with Crippen LogP contribution in [0, 0.1) is 0 Å². The molecule has 1 aromatic heterocycles. The molecule has 6 heteroatoms. The number of hydrogen-bond acceptors (Lipinski definition) is 2. The Morgan fingerprint density at radius 2 is 1.86 bits per heavy atom. The Labute approximate surface area is 118 Å². The second kappa shape index (κ2) is 5.40. The van der Waals surface area contributed by atoms with Crippen molar-refractivity contribution in [2.45, 2.75) is 13.0 Å². The van der Waals surface area contributed by atoms with E-state index in [1.807, 2.05) is 6.07 Å². The quantitative estimate of drug-likeness (QED) is 0.689. The van der Waals surface area contributed by atoms with E-state index < -0.39 is 6.43 Å². The number of nitrogens with one attached hydrogen (secondary N) is 3. The number of aromatic amines is 2. The molecule has 0 aliphatic carbocycles. The van der Waals surface area contributed by atoms with E-state index in [1.165, 1.54) is 12.1 Å². The van der Waals surface area contributed by atoms with E-state index >= 15 is 0 Å². The predicted octanol–water partition coefficient (Wildman–Crippen LogP) is 3.41. The lowest BCUT2D eigenvalue weighted by molar-refractivity contribution is 0.151. The van der Waals surface area contributed by atoms with E-state index in [0.717, 1.165) is 16.8 Å². The Balaban J connectivity index is 1.76. The molecule has 21 heavy (non-hydrogen) atoms. The summed E-state index contributed by atoms with van der Waals surface area (Å²) in [7, 11) is 0. The minimum atomic E-state index is -2.47. The van der Waals surface area contributed by atoms with Gasteiger partial charge in [-0.3, -0.25) is 0 Å². The molecule has 0 atom stereocenters. The zero-order chi connectivity index (χ0) is 14.8. The van der Waals surface area contributed by atoms with Crippen LogP contribution in [0.3, 0.4) is 0 Å². The summed E-state index contributed by atoms with van der Waals surface area (Å²) in [5.74, 6) is 0. The van der Waals surface area contributed by atoms with Crippen LogP contribution in [0.2, 0.25) is 0 Å². The lowest BCUT2D eigenvalue weighted by Crippen LogP contribution is -2.00. The number of anilines is 1. The van der Waals surface area contributed by atoms with E-state index in [0.29, 0.717) is 12.1 Å². The Morgan fingerprint density at radius 3 is 2.67 bits per heavy atom. The summed E-state index contributed by atoms with van der Waals surface area (Å²) in [5, 5.41) is 3.15. The van der Waals surface area contributed by atoms with Crippen molar-refractivity contribution in [3.05, 3.63) is 64.1 Å². The van der Waals surface area contributed by atoms with Crippen molar-refractivity contribution < 1.29 is 8.78 Å². The number of alkyl halides is 2. The first-order valence-corrected chi connectivity index (χ1v) is 6.45. The molecule has 0 aliphatic heterocycles. The van der Waals surface area contributed by atoms with Gasteiger partial charge in [0.15, 0.2) is 0 Å². The van der Waals surface area contributed by atoms with Crippen LogP contribution in [0.25, 0.3) is 11.0 Å². The van der Waals surface area contributed by atoms with Gasteiger partial charge in [0, 0.05) is 17.8 Å². The summed E-state index contributed by atoms with van der Waals surface area (Å²) in [5.41, 5.74) is 2.76. The van der Waals surface area contributed by atoms with Gasteiger partial charge in [-0.05, 0) is 29.8 Å². The van der Waals surface area contributed by atoms with Crippen LogP contribution in [0.4, 0.5) is 14.5 Å². The van der Waals surface area contributed by atoms with Crippen LogP contribution >= 0.6 is 0 Å². The molecule has 3 aromatic rings. The lowest BCUT2D eigenvalue weighted by atomic mass is 10.1. The van der Waals surface area contributed by atoms with E-state index in [4.69, 9.17) is 0 Å². The molecule has 3 rings (SSSR count). The molecule has 0 bridgehead atoms. The van der Waals surface area contributed by atoms with Crippen molar-refractivity contribution in [1.29, 1.82) is 0 Å². The van der Waals surface area contributed by atoms with Crippen molar-refractivity contribution in [3.8, 4) is 0 Å². The molecule has 0 aliphatic rings. The van der Waals surface area contributed by atoms with Gasteiger partial charge in [-0.15, -0.1) is 0 Å². The van der Waals surface area contributed by atoms with Gasteiger partial charge in [0.05, 0.1) is 11.0 Å². The topological polar surface area (TPSA) is 60.7 Å². The van der Waals surface area contributed by atoms with Crippen LogP contribution < -0.4 is 11.0 Å². The maximum absolute atomic E-state index is 12.6. The van der Waals surface area contributed by atoms with Gasteiger partial charge in [-0.1, -0.05) is 18.2 Å². The number of rotatable bonds is 4. The van der Waals surface area contributed by atoms with Crippen LogP contribution in [0.15, 0.2) is 47.3 Å². The SMILES string of the molecule is O=c1[nH]c2ccc(NCc3cccc(C(F)F)c3)cc2[nH]1. The molecule has 4 nitrogen and oxygen atoms in total. The van der Waals surface area contributed by atoms with E-state index in [1.54, 1.807) is 24.3 Å². The van der Waals surface area contributed by atoms with Crippen molar-refractivity contribution in [1.82, 2.24) is 9.97 Å². The molecular weight excluding hydrogens is 276 g/mol. The molecule has 0 fully saturated rings. The standard InChI is InChI=1S/C15H13F2N3O/c16-14(17)10-3-1-2-9(6-10)8-18-11-4-5-12-13(7-11)20-15(21)19-12/h1-7,14,18H,8H2,(H2,19,20,21). The molecule has 0 saturated carbocycles. The molecular formula is C15H13F2N3O. The average Bonchev–Trinajstić information content (AvgIpc) is 2.84. The molecule has 0 amide bonds. The van der Waals surface area contributed by atoms with Crippen molar-refractivity contribution in [2.24, 2.45) is 0 Å². The van der Waals surface area contributed by atoms with Crippen LogP contribution in [-0.4, -0.2) is 9.97 Å². The highest BCUT2D eigenvalue weighted by atomic mass is 19.3.